The lowest BCUT2D eigenvalue weighted by atomic mass is 10.1. The fourth-order valence-corrected chi connectivity index (χ4v) is 3.68. The number of nitrogens with zero attached hydrogens (tertiary/aromatic N) is 4. The number of rotatable bonds is 8. The molecule has 1 aromatic heterocycles. The number of methoxy groups -OCH3 is 1. The predicted octanol–water partition coefficient (Wildman–Crippen LogP) is 2.54. The second kappa shape index (κ2) is 9.67. The van der Waals surface area contributed by atoms with Crippen LogP contribution in [0.4, 0.5) is 0 Å². The van der Waals surface area contributed by atoms with Gasteiger partial charge in [0.25, 0.3) is 0 Å². The van der Waals surface area contributed by atoms with Crippen LogP contribution in [0.2, 0.25) is 0 Å². The van der Waals surface area contributed by atoms with E-state index in [0.29, 0.717) is 19.6 Å². The smallest absolute Gasteiger partial charge is 0.224 e. The SMILES string of the molecule is CC[C@H]1CN(Cc2cncn2CCOC)CCC(=O)N1Cc1ccccc1. The van der Waals surface area contributed by atoms with Crippen molar-refractivity contribution in [3.05, 3.63) is 54.1 Å². The highest BCUT2D eigenvalue weighted by atomic mass is 16.5. The van der Waals surface area contributed by atoms with Crippen LogP contribution in [0.5, 0.6) is 0 Å². The second-order valence-electron chi connectivity index (χ2n) is 7.13. The van der Waals surface area contributed by atoms with E-state index >= 15 is 0 Å². The molecule has 0 aliphatic carbocycles. The summed E-state index contributed by atoms with van der Waals surface area (Å²) in [5, 5.41) is 0. The Morgan fingerprint density at radius 2 is 2.04 bits per heavy atom. The highest BCUT2D eigenvalue weighted by Gasteiger charge is 2.29. The molecule has 3 rings (SSSR count). The van der Waals surface area contributed by atoms with Crippen molar-refractivity contribution in [3.8, 4) is 0 Å². The van der Waals surface area contributed by atoms with Crippen LogP contribution in [0.1, 0.15) is 31.0 Å². The van der Waals surface area contributed by atoms with Gasteiger partial charge in [-0.05, 0) is 12.0 Å². The monoisotopic (exact) mass is 370 g/mol. The van der Waals surface area contributed by atoms with Crippen molar-refractivity contribution < 1.29 is 9.53 Å². The van der Waals surface area contributed by atoms with Crippen molar-refractivity contribution in [2.75, 3.05) is 26.8 Å². The van der Waals surface area contributed by atoms with E-state index in [-0.39, 0.29) is 11.9 Å². The molecule has 1 aliphatic heterocycles. The molecule has 1 fully saturated rings. The molecule has 1 saturated heterocycles. The van der Waals surface area contributed by atoms with Crippen LogP contribution in [0.15, 0.2) is 42.9 Å². The van der Waals surface area contributed by atoms with E-state index in [1.54, 1.807) is 7.11 Å². The normalized spacial score (nSPS) is 18.7. The van der Waals surface area contributed by atoms with E-state index < -0.39 is 0 Å². The molecule has 0 N–H and O–H groups in total. The van der Waals surface area contributed by atoms with E-state index in [1.165, 1.54) is 11.3 Å². The van der Waals surface area contributed by atoms with Gasteiger partial charge in [-0.25, -0.2) is 4.98 Å². The van der Waals surface area contributed by atoms with Gasteiger partial charge in [-0.1, -0.05) is 37.3 Å². The Labute approximate surface area is 161 Å². The molecular formula is C21H30N4O2. The van der Waals surface area contributed by atoms with Crippen LogP contribution in [0.25, 0.3) is 0 Å². The number of benzene rings is 1. The molecular weight excluding hydrogens is 340 g/mol. The minimum absolute atomic E-state index is 0.232. The van der Waals surface area contributed by atoms with Crippen molar-refractivity contribution in [1.82, 2.24) is 19.4 Å². The van der Waals surface area contributed by atoms with E-state index in [9.17, 15) is 4.79 Å². The largest absolute Gasteiger partial charge is 0.383 e. The molecule has 2 aromatic rings. The van der Waals surface area contributed by atoms with Crippen LogP contribution < -0.4 is 0 Å². The van der Waals surface area contributed by atoms with Gasteiger partial charge in [-0.2, -0.15) is 0 Å². The van der Waals surface area contributed by atoms with Gasteiger partial charge in [0.2, 0.25) is 5.91 Å². The number of hydrogen-bond acceptors (Lipinski definition) is 4. The average Bonchev–Trinajstić information content (AvgIpc) is 3.08. The minimum Gasteiger partial charge on any atom is -0.383 e. The molecule has 2 heterocycles. The van der Waals surface area contributed by atoms with Gasteiger partial charge in [0, 0.05) is 58.5 Å². The molecule has 27 heavy (non-hydrogen) atoms. The average molecular weight is 370 g/mol. The summed E-state index contributed by atoms with van der Waals surface area (Å²) in [5.74, 6) is 0.251. The number of aromatic nitrogens is 2. The maximum atomic E-state index is 12.8. The first-order valence-electron chi connectivity index (χ1n) is 9.75. The highest BCUT2D eigenvalue weighted by molar-refractivity contribution is 5.77. The highest BCUT2D eigenvalue weighted by Crippen LogP contribution is 2.19. The molecule has 146 valence electrons. The molecule has 1 amide bonds. The van der Waals surface area contributed by atoms with E-state index in [1.807, 2.05) is 30.7 Å². The van der Waals surface area contributed by atoms with Crippen molar-refractivity contribution >= 4 is 5.91 Å². The van der Waals surface area contributed by atoms with Crippen molar-refractivity contribution in [2.24, 2.45) is 0 Å². The fourth-order valence-electron chi connectivity index (χ4n) is 3.68. The number of amides is 1. The fraction of sp³-hybridized carbons (Fsp3) is 0.524. The van der Waals surface area contributed by atoms with Gasteiger partial charge in [-0.3, -0.25) is 9.69 Å². The third kappa shape index (κ3) is 5.17. The van der Waals surface area contributed by atoms with E-state index in [2.05, 4.69) is 38.4 Å². The Morgan fingerprint density at radius 1 is 1.22 bits per heavy atom. The van der Waals surface area contributed by atoms with Gasteiger partial charge in [-0.15, -0.1) is 0 Å². The first-order valence-corrected chi connectivity index (χ1v) is 9.75. The van der Waals surface area contributed by atoms with Gasteiger partial charge in [0.15, 0.2) is 0 Å². The molecule has 1 aromatic carbocycles. The summed E-state index contributed by atoms with van der Waals surface area (Å²) in [7, 11) is 1.71. The van der Waals surface area contributed by atoms with E-state index in [4.69, 9.17) is 4.74 Å². The minimum atomic E-state index is 0.232. The summed E-state index contributed by atoms with van der Waals surface area (Å²) in [4.78, 5) is 21.6. The first-order chi connectivity index (χ1) is 13.2. The maximum Gasteiger partial charge on any atom is 0.224 e. The molecule has 6 heteroatoms. The van der Waals surface area contributed by atoms with Crippen LogP contribution in [-0.4, -0.2) is 58.1 Å². The van der Waals surface area contributed by atoms with Gasteiger partial charge >= 0.3 is 0 Å². The quantitative estimate of drug-likeness (QED) is 0.717. The Hall–Kier alpha value is -2.18. The maximum absolute atomic E-state index is 12.8. The third-order valence-corrected chi connectivity index (χ3v) is 5.26. The standard InChI is InChI=1S/C21H30N4O2/c1-3-19-15-23(16-20-13-22-17-24(20)11-12-27-2)10-9-21(26)25(19)14-18-7-5-4-6-8-18/h4-8,13,17,19H,3,9-12,14-16H2,1-2H3/t19-/m0/s1. The lowest BCUT2D eigenvalue weighted by Crippen LogP contribution is -2.42. The number of hydrogen-bond donors (Lipinski definition) is 0. The van der Waals surface area contributed by atoms with Crippen molar-refractivity contribution in [2.45, 2.75) is 45.4 Å². The van der Waals surface area contributed by atoms with Gasteiger partial charge in [0.1, 0.15) is 0 Å². The van der Waals surface area contributed by atoms with Crippen molar-refractivity contribution in [3.63, 3.8) is 0 Å². The summed E-state index contributed by atoms with van der Waals surface area (Å²) in [6.45, 7) is 6.83. The Bertz CT molecular complexity index is 716. The molecule has 0 bridgehead atoms. The lowest BCUT2D eigenvalue weighted by molar-refractivity contribution is -0.133. The summed E-state index contributed by atoms with van der Waals surface area (Å²) in [6, 6.07) is 10.5. The molecule has 0 spiro atoms. The summed E-state index contributed by atoms with van der Waals surface area (Å²) in [6.07, 6.45) is 5.30. The molecule has 1 aliphatic rings. The summed E-state index contributed by atoms with van der Waals surface area (Å²) in [5.41, 5.74) is 2.36. The number of carbonyl (C=O) groups is 1. The van der Waals surface area contributed by atoms with Crippen LogP contribution in [-0.2, 0) is 29.2 Å². The Kier molecular flexibility index (Phi) is 7.01. The van der Waals surface area contributed by atoms with Crippen LogP contribution in [0, 0.1) is 0 Å². The number of carbonyl (C=O) groups excluding carboxylic acids is 1. The van der Waals surface area contributed by atoms with Crippen LogP contribution in [0.3, 0.4) is 0 Å². The topological polar surface area (TPSA) is 50.6 Å². The Balaban J connectivity index is 1.68. The summed E-state index contributed by atoms with van der Waals surface area (Å²) >= 11 is 0. The summed E-state index contributed by atoms with van der Waals surface area (Å²) < 4.78 is 7.32. The zero-order chi connectivity index (χ0) is 19.1. The van der Waals surface area contributed by atoms with Crippen molar-refractivity contribution in [1.29, 1.82) is 0 Å². The van der Waals surface area contributed by atoms with Crippen LogP contribution >= 0.6 is 0 Å². The van der Waals surface area contributed by atoms with Gasteiger partial charge in [0.05, 0.1) is 18.6 Å². The Morgan fingerprint density at radius 3 is 2.78 bits per heavy atom. The number of imidazole rings is 1. The number of ether oxygens (including phenoxy) is 1. The zero-order valence-corrected chi connectivity index (χ0v) is 16.4. The lowest BCUT2D eigenvalue weighted by Gasteiger charge is -2.31. The van der Waals surface area contributed by atoms with Gasteiger partial charge < -0.3 is 14.2 Å². The molecule has 0 radical (unpaired) electrons. The second-order valence-corrected chi connectivity index (χ2v) is 7.13. The molecule has 0 saturated carbocycles. The molecule has 1 atom stereocenters. The molecule has 0 unspecified atom stereocenters. The zero-order valence-electron chi connectivity index (χ0n) is 16.4. The third-order valence-electron chi connectivity index (χ3n) is 5.26. The first kappa shape index (κ1) is 19.6. The van der Waals surface area contributed by atoms with E-state index in [0.717, 1.165) is 32.6 Å². The predicted molar refractivity (Wildman–Crippen MR) is 105 cm³/mol. The molecule has 6 nitrogen and oxygen atoms in total.